The summed E-state index contributed by atoms with van der Waals surface area (Å²) in [5.74, 6) is -2.47. The van der Waals surface area contributed by atoms with Crippen LogP contribution in [0, 0.1) is 0 Å². The van der Waals surface area contributed by atoms with Crippen molar-refractivity contribution < 1.29 is 47.0 Å². The number of carbonyl (C=O) groups is 2. The Labute approximate surface area is 186 Å². The molecule has 9 nitrogen and oxygen atoms in total. The number of amides is 1. The molecule has 2 aromatic rings. The van der Waals surface area contributed by atoms with E-state index in [1.54, 1.807) is 18.2 Å². The fourth-order valence-electron chi connectivity index (χ4n) is 3.11. The smallest absolute Gasteiger partial charge is 0.534 e. The molecule has 0 saturated carbocycles. The Morgan fingerprint density at radius 1 is 1.30 bits per heavy atom. The van der Waals surface area contributed by atoms with E-state index in [1.807, 2.05) is 0 Å². The zero-order valence-electron chi connectivity index (χ0n) is 17.1. The Morgan fingerprint density at radius 3 is 2.79 bits per heavy atom. The Bertz CT molecular complexity index is 978. The number of aromatic nitrogens is 1. The first kappa shape index (κ1) is 24.5. The molecule has 2 atom stereocenters. The number of aliphatic hydroxyl groups is 1. The number of hydrogen-bond donors (Lipinski definition) is 3. The number of carbonyl (C=O) groups excluding carboxylic acids is 2. The molecule has 176 valence electrons. The van der Waals surface area contributed by atoms with Crippen LogP contribution in [-0.4, -0.2) is 53.0 Å². The van der Waals surface area contributed by atoms with Crippen molar-refractivity contribution in [1.29, 1.82) is 0 Å². The van der Waals surface area contributed by atoms with E-state index in [-0.39, 0.29) is 23.3 Å². The van der Waals surface area contributed by atoms with Gasteiger partial charge in [-0.05, 0) is 24.1 Å². The zero-order valence-corrected chi connectivity index (χ0v) is 17.1. The van der Waals surface area contributed by atoms with Gasteiger partial charge in [-0.25, -0.2) is 4.79 Å². The van der Waals surface area contributed by atoms with Gasteiger partial charge in [-0.2, -0.15) is 13.2 Å². The molecule has 1 amide bonds. The Morgan fingerprint density at radius 2 is 2.09 bits per heavy atom. The molecule has 3 N–H and O–H groups in total. The minimum atomic E-state index is -4.47. The standard InChI is InChI=1S/C20H20BF3N2O7/c22-20(23,24)7-6-16(27)26-15-9-12-3-1-5-14(17(12)33-21(15)30)19(29)32-11-31-18(28)13-4-2-8-25-10-13/h1-5,8,10,15,19,29-30H,6-7,9,11H2,(H,26,27)/t15-,19?/m0/s1. The molecular formula is C20H20BF3N2O7. The summed E-state index contributed by atoms with van der Waals surface area (Å²) in [6.07, 6.45) is -5.26. The predicted molar refractivity (Wildman–Crippen MR) is 107 cm³/mol. The molecule has 0 saturated heterocycles. The van der Waals surface area contributed by atoms with Crippen LogP contribution >= 0.6 is 0 Å². The van der Waals surface area contributed by atoms with Gasteiger partial charge in [-0.15, -0.1) is 0 Å². The molecular weight excluding hydrogens is 448 g/mol. The van der Waals surface area contributed by atoms with E-state index in [1.165, 1.54) is 24.5 Å². The minimum Gasteiger partial charge on any atom is -0.534 e. The number of esters is 1. The maximum Gasteiger partial charge on any atom is 0.547 e. The fraction of sp³-hybridized carbons (Fsp3) is 0.350. The highest BCUT2D eigenvalue weighted by molar-refractivity contribution is 6.46. The van der Waals surface area contributed by atoms with Crippen molar-refractivity contribution in [3.63, 3.8) is 0 Å². The number of hydrogen-bond acceptors (Lipinski definition) is 8. The van der Waals surface area contributed by atoms with E-state index in [0.717, 1.165) is 0 Å². The minimum absolute atomic E-state index is 0.0464. The van der Waals surface area contributed by atoms with E-state index in [4.69, 9.17) is 14.1 Å². The first-order valence-electron chi connectivity index (χ1n) is 9.83. The van der Waals surface area contributed by atoms with Gasteiger partial charge in [-0.3, -0.25) is 9.78 Å². The number of nitrogens with one attached hydrogen (secondary N) is 1. The normalized spacial score (nSPS) is 16.4. The molecule has 3 rings (SSSR count). The topological polar surface area (TPSA) is 127 Å². The molecule has 0 aliphatic carbocycles. The second-order valence-corrected chi connectivity index (χ2v) is 7.15. The van der Waals surface area contributed by atoms with Crippen LogP contribution in [0.2, 0.25) is 0 Å². The number of halogens is 3. The second kappa shape index (κ2) is 10.6. The quantitative estimate of drug-likeness (QED) is 0.304. The van der Waals surface area contributed by atoms with Gasteiger partial charge in [0.25, 0.3) is 0 Å². The van der Waals surface area contributed by atoms with Gasteiger partial charge in [0.05, 0.1) is 17.9 Å². The average molecular weight is 468 g/mol. The second-order valence-electron chi connectivity index (χ2n) is 7.15. The lowest BCUT2D eigenvalue weighted by atomic mass is 9.72. The summed E-state index contributed by atoms with van der Waals surface area (Å²) in [7, 11) is -1.57. The molecule has 0 radical (unpaired) electrons. The number of aliphatic hydroxyl groups excluding tert-OH is 1. The number of ether oxygens (including phenoxy) is 2. The summed E-state index contributed by atoms with van der Waals surface area (Å²) in [4.78, 5) is 27.5. The van der Waals surface area contributed by atoms with Gasteiger partial charge in [0, 0.05) is 24.4 Å². The molecule has 0 bridgehead atoms. The Kier molecular flexibility index (Phi) is 7.90. The summed E-state index contributed by atoms with van der Waals surface area (Å²) in [5, 5.41) is 22.9. The monoisotopic (exact) mass is 468 g/mol. The van der Waals surface area contributed by atoms with E-state index < -0.39 is 57.0 Å². The maximum atomic E-state index is 12.3. The van der Waals surface area contributed by atoms with E-state index in [9.17, 15) is 32.9 Å². The van der Waals surface area contributed by atoms with Crippen LogP contribution in [0.1, 0.15) is 40.6 Å². The molecule has 1 aromatic heterocycles. The lowest BCUT2D eigenvalue weighted by molar-refractivity contribution is -0.157. The third-order valence-electron chi connectivity index (χ3n) is 4.71. The first-order chi connectivity index (χ1) is 15.6. The van der Waals surface area contributed by atoms with Crippen molar-refractivity contribution in [1.82, 2.24) is 10.3 Å². The van der Waals surface area contributed by atoms with E-state index in [2.05, 4.69) is 10.3 Å². The number of alkyl halides is 3. The molecule has 1 aromatic carbocycles. The van der Waals surface area contributed by atoms with Crippen LogP contribution in [0.4, 0.5) is 13.2 Å². The summed E-state index contributed by atoms with van der Waals surface area (Å²) >= 11 is 0. The van der Waals surface area contributed by atoms with Crippen LogP contribution in [0.15, 0.2) is 42.7 Å². The molecule has 0 spiro atoms. The molecule has 1 unspecified atom stereocenters. The van der Waals surface area contributed by atoms with Crippen LogP contribution in [0.3, 0.4) is 0 Å². The molecule has 1 aliphatic rings. The summed E-state index contributed by atoms with van der Waals surface area (Å²) in [6, 6.07) is 7.67. The molecule has 0 fully saturated rings. The number of nitrogens with zero attached hydrogens (tertiary/aromatic N) is 1. The SMILES string of the molecule is O=C(CCC(F)(F)F)N[C@H]1Cc2cccc(C(O)OCOC(=O)c3cccnc3)c2OB1O. The highest BCUT2D eigenvalue weighted by Crippen LogP contribution is 2.34. The third kappa shape index (κ3) is 6.91. The number of para-hydroxylation sites is 1. The van der Waals surface area contributed by atoms with Gasteiger partial charge >= 0.3 is 19.3 Å². The molecule has 2 heterocycles. The number of benzene rings is 1. The highest BCUT2D eigenvalue weighted by atomic mass is 19.4. The number of fused-ring (bicyclic) bond motifs is 1. The van der Waals surface area contributed by atoms with Gasteiger partial charge in [-0.1, -0.05) is 18.2 Å². The Hall–Kier alpha value is -3.16. The average Bonchev–Trinajstić information content (AvgIpc) is 2.78. The summed E-state index contributed by atoms with van der Waals surface area (Å²) in [5.41, 5.74) is 0.808. The van der Waals surface area contributed by atoms with Crippen molar-refractivity contribution in [2.24, 2.45) is 0 Å². The predicted octanol–water partition coefficient (Wildman–Crippen LogP) is 1.69. The third-order valence-corrected chi connectivity index (χ3v) is 4.71. The van der Waals surface area contributed by atoms with Crippen molar-refractivity contribution in [3.05, 3.63) is 59.4 Å². The lowest BCUT2D eigenvalue weighted by Crippen LogP contribution is -2.53. The van der Waals surface area contributed by atoms with Crippen molar-refractivity contribution >= 4 is 19.0 Å². The molecule has 1 aliphatic heterocycles. The van der Waals surface area contributed by atoms with Crippen LogP contribution in [0.5, 0.6) is 5.75 Å². The lowest BCUT2D eigenvalue weighted by Gasteiger charge is -2.30. The highest BCUT2D eigenvalue weighted by Gasteiger charge is 2.38. The number of pyridine rings is 1. The zero-order chi connectivity index (χ0) is 24.0. The van der Waals surface area contributed by atoms with E-state index >= 15 is 0 Å². The van der Waals surface area contributed by atoms with Crippen molar-refractivity contribution in [2.45, 2.75) is 37.7 Å². The van der Waals surface area contributed by atoms with Gasteiger partial charge in [0.15, 0.2) is 13.1 Å². The number of rotatable bonds is 8. The van der Waals surface area contributed by atoms with Gasteiger partial charge < -0.3 is 29.6 Å². The van der Waals surface area contributed by atoms with Crippen LogP contribution in [-0.2, 0) is 20.7 Å². The van der Waals surface area contributed by atoms with Crippen LogP contribution < -0.4 is 9.97 Å². The van der Waals surface area contributed by atoms with Crippen molar-refractivity contribution in [3.8, 4) is 5.75 Å². The summed E-state index contributed by atoms with van der Waals surface area (Å²) in [6.45, 7) is -0.584. The van der Waals surface area contributed by atoms with Gasteiger partial charge in [0.1, 0.15) is 5.75 Å². The van der Waals surface area contributed by atoms with E-state index in [0.29, 0.717) is 5.56 Å². The molecule has 33 heavy (non-hydrogen) atoms. The Balaban J connectivity index is 1.58. The van der Waals surface area contributed by atoms with Crippen molar-refractivity contribution in [2.75, 3.05) is 6.79 Å². The largest absolute Gasteiger partial charge is 0.547 e. The molecule has 13 heteroatoms. The van der Waals surface area contributed by atoms with Gasteiger partial charge in [0.2, 0.25) is 5.91 Å². The first-order valence-corrected chi connectivity index (χ1v) is 9.83. The fourth-order valence-corrected chi connectivity index (χ4v) is 3.11. The maximum absolute atomic E-state index is 12.3. The van der Waals surface area contributed by atoms with Crippen LogP contribution in [0.25, 0.3) is 0 Å². The summed E-state index contributed by atoms with van der Waals surface area (Å²) < 4.78 is 52.3.